The molecule has 0 unspecified atom stereocenters. The Morgan fingerprint density at radius 3 is 2.69 bits per heavy atom. The van der Waals surface area contributed by atoms with E-state index in [-0.39, 0.29) is 11.5 Å². The largest absolute Gasteiger partial charge is 0.379 e. The predicted molar refractivity (Wildman–Crippen MR) is 101 cm³/mol. The molecule has 1 atom stereocenters. The first-order chi connectivity index (χ1) is 12.7. The van der Waals surface area contributed by atoms with Crippen LogP contribution in [0.5, 0.6) is 0 Å². The highest BCUT2D eigenvalue weighted by Crippen LogP contribution is 2.39. The van der Waals surface area contributed by atoms with Crippen LogP contribution in [-0.2, 0) is 17.6 Å². The Bertz CT molecular complexity index is 746. The van der Waals surface area contributed by atoms with Crippen molar-refractivity contribution in [3.05, 3.63) is 47.1 Å². The Morgan fingerprint density at radius 1 is 1.19 bits per heavy atom. The molecule has 1 spiro atoms. The predicted octanol–water partition coefficient (Wildman–Crippen LogP) is 2.25. The Kier molecular flexibility index (Phi) is 5.07. The molecule has 2 N–H and O–H groups in total. The summed E-state index contributed by atoms with van der Waals surface area (Å²) in [6, 6.07) is 2.11. The maximum atomic E-state index is 6.26. The van der Waals surface area contributed by atoms with E-state index in [9.17, 15) is 0 Å². The molecule has 0 aromatic carbocycles. The van der Waals surface area contributed by atoms with E-state index in [1.165, 1.54) is 0 Å². The summed E-state index contributed by atoms with van der Waals surface area (Å²) in [5, 5.41) is 0.702. The summed E-state index contributed by atoms with van der Waals surface area (Å²) >= 11 is 6.16. The zero-order valence-electron chi connectivity index (χ0n) is 14.8. The van der Waals surface area contributed by atoms with E-state index in [1.54, 1.807) is 12.4 Å². The lowest BCUT2D eigenvalue weighted by molar-refractivity contribution is 0.131. The minimum absolute atomic E-state index is 0.160. The molecule has 2 saturated heterocycles. The van der Waals surface area contributed by atoms with Gasteiger partial charge in [-0.1, -0.05) is 11.6 Å². The number of hydrogen-bond acceptors (Lipinski definition) is 6. The first-order valence-electron chi connectivity index (χ1n) is 9.14. The van der Waals surface area contributed by atoms with Gasteiger partial charge in [-0.05, 0) is 37.3 Å². The average molecular weight is 374 g/mol. The van der Waals surface area contributed by atoms with Crippen molar-refractivity contribution in [3.8, 4) is 0 Å². The van der Waals surface area contributed by atoms with Crippen LogP contribution in [0.25, 0.3) is 0 Å². The minimum Gasteiger partial charge on any atom is -0.379 e. The van der Waals surface area contributed by atoms with Crippen molar-refractivity contribution < 1.29 is 4.74 Å². The fourth-order valence-electron chi connectivity index (χ4n) is 3.88. The Morgan fingerprint density at radius 2 is 2.04 bits per heavy atom. The van der Waals surface area contributed by atoms with Crippen LogP contribution in [0, 0.1) is 5.41 Å². The second kappa shape index (κ2) is 7.47. The van der Waals surface area contributed by atoms with E-state index in [0.717, 1.165) is 62.5 Å². The maximum Gasteiger partial charge on any atom is 0.147 e. The smallest absolute Gasteiger partial charge is 0.147 e. The molecule has 4 heterocycles. The van der Waals surface area contributed by atoms with Gasteiger partial charge in [0.1, 0.15) is 5.82 Å². The molecule has 0 bridgehead atoms. The quantitative estimate of drug-likeness (QED) is 0.885. The van der Waals surface area contributed by atoms with Crippen molar-refractivity contribution in [2.24, 2.45) is 11.1 Å². The molecule has 2 fully saturated rings. The number of nitrogens with two attached hydrogens (primary N) is 1. The number of piperidine rings is 1. The standard InChI is InChI=1S/C19H24ClN5O/c20-16-10-22-6-3-14(16)1-2-15-9-24-18(11-23-15)25-7-4-19(5-8-25)13-26-12-17(19)21/h3,6,9-11,17H,1-2,4-5,7-8,12-13,21H2/t17-/m1/s1. The topological polar surface area (TPSA) is 77.2 Å². The number of aryl methyl sites for hydroxylation is 2. The van der Waals surface area contributed by atoms with Crippen molar-refractivity contribution in [2.45, 2.75) is 31.7 Å². The third-order valence-corrected chi connectivity index (χ3v) is 6.10. The molecular formula is C19H24ClN5O. The third-order valence-electron chi connectivity index (χ3n) is 5.76. The number of hydrogen-bond donors (Lipinski definition) is 1. The van der Waals surface area contributed by atoms with Crippen LogP contribution in [-0.4, -0.2) is 47.3 Å². The van der Waals surface area contributed by atoms with Crippen LogP contribution in [0.1, 0.15) is 24.1 Å². The molecule has 0 amide bonds. The Hall–Kier alpha value is -1.76. The molecule has 26 heavy (non-hydrogen) atoms. The lowest BCUT2D eigenvalue weighted by Gasteiger charge is -2.41. The number of rotatable bonds is 4. The number of aromatic nitrogens is 3. The maximum absolute atomic E-state index is 6.26. The lowest BCUT2D eigenvalue weighted by Crippen LogP contribution is -2.49. The van der Waals surface area contributed by atoms with Crippen molar-refractivity contribution in [1.29, 1.82) is 0 Å². The van der Waals surface area contributed by atoms with Gasteiger partial charge in [0.05, 0.1) is 36.3 Å². The van der Waals surface area contributed by atoms with Gasteiger partial charge in [-0.2, -0.15) is 0 Å². The number of pyridine rings is 1. The second-order valence-corrected chi connectivity index (χ2v) is 7.71. The second-order valence-electron chi connectivity index (χ2n) is 7.30. The molecular weight excluding hydrogens is 350 g/mol. The molecule has 0 radical (unpaired) electrons. The third kappa shape index (κ3) is 3.54. The molecule has 138 valence electrons. The van der Waals surface area contributed by atoms with E-state index in [0.29, 0.717) is 11.6 Å². The van der Waals surface area contributed by atoms with E-state index >= 15 is 0 Å². The van der Waals surface area contributed by atoms with Gasteiger partial charge in [-0.25, -0.2) is 4.98 Å². The van der Waals surface area contributed by atoms with Crippen molar-refractivity contribution >= 4 is 17.4 Å². The molecule has 7 heteroatoms. The molecule has 6 nitrogen and oxygen atoms in total. The molecule has 0 saturated carbocycles. The molecule has 0 aliphatic carbocycles. The van der Waals surface area contributed by atoms with Crippen LogP contribution in [0.3, 0.4) is 0 Å². The Labute approximate surface area is 158 Å². The summed E-state index contributed by atoms with van der Waals surface area (Å²) in [5.41, 5.74) is 8.48. The zero-order valence-corrected chi connectivity index (χ0v) is 15.5. The van der Waals surface area contributed by atoms with Crippen LogP contribution in [0.2, 0.25) is 5.02 Å². The monoisotopic (exact) mass is 373 g/mol. The van der Waals surface area contributed by atoms with Gasteiger partial charge < -0.3 is 15.4 Å². The SMILES string of the molecule is N[C@@H]1COCC12CCN(c1cnc(CCc3ccncc3Cl)cn1)CC2. The number of anilines is 1. The van der Waals surface area contributed by atoms with Crippen LogP contribution >= 0.6 is 11.6 Å². The van der Waals surface area contributed by atoms with Gasteiger partial charge in [0.15, 0.2) is 0 Å². The summed E-state index contributed by atoms with van der Waals surface area (Å²) in [6.07, 6.45) is 10.9. The van der Waals surface area contributed by atoms with Gasteiger partial charge in [-0.15, -0.1) is 0 Å². The summed E-state index contributed by atoms with van der Waals surface area (Å²) < 4.78 is 5.59. The van der Waals surface area contributed by atoms with Gasteiger partial charge in [-0.3, -0.25) is 9.97 Å². The Balaban J connectivity index is 1.34. The fourth-order valence-corrected chi connectivity index (χ4v) is 4.09. The normalized spacial score (nSPS) is 22.1. The number of halogens is 1. The number of ether oxygens (including phenoxy) is 1. The highest BCUT2D eigenvalue weighted by molar-refractivity contribution is 6.31. The van der Waals surface area contributed by atoms with Crippen LogP contribution in [0.15, 0.2) is 30.9 Å². The van der Waals surface area contributed by atoms with Gasteiger partial charge in [0.25, 0.3) is 0 Å². The van der Waals surface area contributed by atoms with Crippen molar-refractivity contribution in [3.63, 3.8) is 0 Å². The van der Waals surface area contributed by atoms with Crippen LogP contribution < -0.4 is 10.6 Å². The van der Waals surface area contributed by atoms with Crippen LogP contribution in [0.4, 0.5) is 5.82 Å². The first kappa shape index (κ1) is 17.6. The summed E-state index contributed by atoms with van der Waals surface area (Å²) in [6.45, 7) is 3.40. The number of nitrogens with zero attached hydrogens (tertiary/aromatic N) is 4. The van der Waals surface area contributed by atoms with Gasteiger partial charge in [0.2, 0.25) is 0 Å². The molecule has 2 aliphatic rings. The fraction of sp³-hybridized carbons (Fsp3) is 0.526. The molecule has 4 rings (SSSR count). The minimum atomic E-state index is 0.160. The highest BCUT2D eigenvalue weighted by atomic mass is 35.5. The molecule has 2 aliphatic heterocycles. The lowest BCUT2D eigenvalue weighted by atomic mass is 9.75. The van der Waals surface area contributed by atoms with E-state index in [1.807, 2.05) is 18.5 Å². The molecule has 2 aromatic rings. The van der Waals surface area contributed by atoms with E-state index in [2.05, 4.69) is 19.9 Å². The van der Waals surface area contributed by atoms with Crippen molar-refractivity contribution in [1.82, 2.24) is 15.0 Å². The zero-order chi connectivity index (χ0) is 18.0. The first-order valence-corrected chi connectivity index (χ1v) is 9.52. The highest BCUT2D eigenvalue weighted by Gasteiger charge is 2.44. The summed E-state index contributed by atoms with van der Waals surface area (Å²) in [7, 11) is 0. The average Bonchev–Trinajstić information content (AvgIpc) is 3.02. The molecule has 2 aromatic heterocycles. The summed E-state index contributed by atoms with van der Waals surface area (Å²) in [4.78, 5) is 15.5. The van der Waals surface area contributed by atoms with E-state index in [4.69, 9.17) is 22.1 Å². The van der Waals surface area contributed by atoms with Gasteiger partial charge >= 0.3 is 0 Å². The summed E-state index contributed by atoms with van der Waals surface area (Å²) in [5.74, 6) is 0.943. The van der Waals surface area contributed by atoms with Gasteiger partial charge in [0, 0.05) is 36.9 Å². The van der Waals surface area contributed by atoms with E-state index < -0.39 is 0 Å². The van der Waals surface area contributed by atoms with Crippen molar-refractivity contribution in [2.75, 3.05) is 31.2 Å².